The Morgan fingerprint density at radius 2 is 1.75 bits per heavy atom. The zero-order valence-corrected chi connectivity index (χ0v) is 23.1. The Kier molecular flexibility index (Phi) is 6.43. The van der Waals surface area contributed by atoms with Crippen LogP contribution < -0.4 is 9.77 Å². The molecule has 7 nitrogen and oxygen atoms in total. The van der Waals surface area contributed by atoms with E-state index in [1.165, 1.54) is 32.6 Å². The highest BCUT2D eigenvalue weighted by atomic mass is 79.9. The number of thiazole rings is 1. The number of hydrogen-bond donors (Lipinski definition) is 0. The van der Waals surface area contributed by atoms with E-state index in [1.807, 2.05) is 34.5 Å². The van der Waals surface area contributed by atoms with E-state index in [4.69, 9.17) is 0 Å². The van der Waals surface area contributed by atoms with Gasteiger partial charge in [-0.05, 0) is 55.0 Å². The molecule has 3 amide bonds. The molecule has 6 rings (SSSR count). The summed E-state index contributed by atoms with van der Waals surface area (Å²) in [5.74, 6) is -1.61. The van der Waals surface area contributed by atoms with Crippen LogP contribution in [0, 0.1) is 5.92 Å². The first kappa shape index (κ1) is 24.1. The summed E-state index contributed by atoms with van der Waals surface area (Å²) in [5.41, 5.74) is 0.536. The Labute approximate surface area is 228 Å². The summed E-state index contributed by atoms with van der Waals surface area (Å²) in [6, 6.07) is 11.0. The SMILES string of the molecule is O=C(Cn1c2c(sc1=O)[C@H](c1cccs1)C1C(=O)N(c3ccc(Br)cc3)C(=O)C1S2)N1CCCCC1. The lowest BCUT2D eigenvalue weighted by Crippen LogP contribution is -2.39. The number of hydrogen-bond acceptors (Lipinski definition) is 7. The van der Waals surface area contributed by atoms with Crippen LogP contribution in [0.2, 0.25) is 0 Å². The number of anilines is 1. The molecule has 11 heteroatoms. The van der Waals surface area contributed by atoms with E-state index in [0.29, 0.717) is 23.8 Å². The predicted molar refractivity (Wildman–Crippen MR) is 145 cm³/mol. The Hall–Kier alpha value is -2.21. The van der Waals surface area contributed by atoms with Crippen molar-refractivity contribution in [3.63, 3.8) is 0 Å². The maximum atomic E-state index is 13.8. The predicted octanol–water partition coefficient (Wildman–Crippen LogP) is 4.54. The van der Waals surface area contributed by atoms with E-state index in [1.54, 1.807) is 12.1 Å². The zero-order chi connectivity index (χ0) is 25.0. The summed E-state index contributed by atoms with van der Waals surface area (Å²) < 4.78 is 2.39. The molecule has 0 bridgehead atoms. The van der Waals surface area contributed by atoms with Crippen LogP contribution in [-0.2, 0) is 20.9 Å². The molecule has 3 atom stereocenters. The number of rotatable bonds is 4. The van der Waals surface area contributed by atoms with Crippen molar-refractivity contribution < 1.29 is 14.4 Å². The summed E-state index contributed by atoms with van der Waals surface area (Å²) in [6.45, 7) is 1.39. The average Bonchev–Trinajstić information content (AvgIpc) is 3.58. The average molecular weight is 605 g/mol. The van der Waals surface area contributed by atoms with E-state index in [-0.39, 0.29) is 29.1 Å². The normalized spacial score (nSPS) is 23.6. The fraction of sp³-hybridized carbons (Fsp3) is 0.360. The molecule has 5 heterocycles. The molecule has 2 aromatic heterocycles. The Morgan fingerprint density at radius 3 is 2.44 bits per heavy atom. The third kappa shape index (κ3) is 4.00. The second-order valence-electron chi connectivity index (χ2n) is 9.11. The number of amides is 3. The molecule has 3 aliphatic heterocycles. The number of carbonyl (C=O) groups is 3. The van der Waals surface area contributed by atoms with E-state index in [0.717, 1.165) is 44.8 Å². The highest BCUT2D eigenvalue weighted by Crippen LogP contribution is 2.54. The molecule has 0 N–H and O–H groups in total. The largest absolute Gasteiger partial charge is 0.341 e. The van der Waals surface area contributed by atoms with Crippen molar-refractivity contribution >= 4 is 73.8 Å². The topological polar surface area (TPSA) is 79.7 Å². The van der Waals surface area contributed by atoms with Crippen molar-refractivity contribution in [1.29, 1.82) is 0 Å². The van der Waals surface area contributed by atoms with Crippen molar-refractivity contribution in [3.05, 3.63) is 65.7 Å². The first-order valence-electron chi connectivity index (χ1n) is 11.8. The van der Waals surface area contributed by atoms with Gasteiger partial charge in [0, 0.05) is 33.2 Å². The molecular formula is C25H22BrN3O4S3. The highest BCUT2D eigenvalue weighted by Gasteiger charge is 2.57. The molecule has 2 saturated heterocycles. The molecule has 36 heavy (non-hydrogen) atoms. The molecule has 2 fully saturated rings. The zero-order valence-electron chi connectivity index (χ0n) is 19.1. The number of likely N-dealkylation sites (tertiary alicyclic amines) is 1. The summed E-state index contributed by atoms with van der Waals surface area (Å²) in [5, 5.41) is 1.93. The van der Waals surface area contributed by atoms with Gasteiger partial charge in [-0.25, -0.2) is 4.90 Å². The number of piperidine rings is 1. The molecule has 0 saturated carbocycles. The smallest absolute Gasteiger partial charge is 0.308 e. The minimum Gasteiger partial charge on any atom is -0.341 e. The number of benzene rings is 1. The first-order valence-corrected chi connectivity index (χ1v) is 15.2. The van der Waals surface area contributed by atoms with Gasteiger partial charge in [-0.2, -0.15) is 0 Å². The van der Waals surface area contributed by atoms with Crippen LogP contribution in [0.3, 0.4) is 0 Å². The minimum absolute atomic E-state index is 0.0369. The fourth-order valence-electron chi connectivity index (χ4n) is 5.25. The van der Waals surface area contributed by atoms with Gasteiger partial charge in [0.05, 0.1) is 16.6 Å². The summed E-state index contributed by atoms with van der Waals surface area (Å²) in [6.07, 6.45) is 3.07. The van der Waals surface area contributed by atoms with Crippen LogP contribution in [0.5, 0.6) is 0 Å². The third-order valence-corrected chi connectivity index (χ3v) is 11.1. The standard InChI is InChI=1S/C25H22BrN3O4S3/c26-14-6-8-15(9-7-14)29-22(31)19-18(16-5-4-12-34-16)21-24(35-20(19)23(29)32)28(25(33)36-21)13-17(30)27-10-2-1-3-11-27/h4-9,12,18-20H,1-3,10-11,13H2/t18-,19?,20?/m1/s1. The van der Waals surface area contributed by atoms with Gasteiger partial charge in [0.15, 0.2) is 0 Å². The lowest BCUT2D eigenvalue weighted by Gasteiger charge is -2.30. The summed E-state index contributed by atoms with van der Waals surface area (Å²) in [4.78, 5) is 58.3. The second-order valence-corrected chi connectivity index (χ2v) is 13.1. The minimum atomic E-state index is -0.661. The summed E-state index contributed by atoms with van der Waals surface area (Å²) >= 11 is 7.29. The van der Waals surface area contributed by atoms with Crippen molar-refractivity contribution in [3.8, 4) is 0 Å². The van der Waals surface area contributed by atoms with Crippen LogP contribution in [0.15, 0.2) is 56.1 Å². The highest BCUT2D eigenvalue weighted by molar-refractivity contribution is 9.10. The van der Waals surface area contributed by atoms with Crippen LogP contribution in [0.4, 0.5) is 5.69 Å². The molecule has 1 aromatic carbocycles. The molecule has 3 aliphatic rings. The number of aromatic nitrogens is 1. The van der Waals surface area contributed by atoms with Gasteiger partial charge in [-0.1, -0.05) is 45.1 Å². The van der Waals surface area contributed by atoms with Crippen molar-refractivity contribution in [1.82, 2.24) is 9.47 Å². The van der Waals surface area contributed by atoms with Crippen LogP contribution in [-0.4, -0.2) is 45.5 Å². The Balaban J connectivity index is 1.41. The maximum Gasteiger partial charge on any atom is 0.308 e. The molecule has 186 valence electrons. The van der Waals surface area contributed by atoms with Gasteiger partial charge in [0.1, 0.15) is 11.8 Å². The van der Waals surface area contributed by atoms with Crippen molar-refractivity contribution in [2.24, 2.45) is 5.92 Å². The Bertz CT molecular complexity index is 1390. The number of nitrogens with zero attached hydrogens (tertiary/aromatic N) is 3. The molecule has 0 spiro atoms. The van der Waals surface area contributed by atoms with Gasteiger partial charge in [0.2, 0.25) is 17.7 Å². The van der Waals surface area contributed by atoms with Gasteiger partial charge >= 0.3 is 4.87 Å². The molecule has 0 radical (unpaired) electrons. The maximum absolute atomic E-state index is 13.8. The van der Waals surface area contributed by atoms with E-state index >= 15 is 0 Å². The summed E-state index contributed by atoms with van der Waals surface area (Å²) in [7, 11) is 0. The van der Waals surface area contributed by atoms with Crippen molar-refractivity contribution in [2.45, 2.75) is 42.0 Å². The lowest BCUT2D eigenvalue weighted by molar-refractivity contribution is -0.133. The third-order valence-electron chi connectivity index (χ3n) is 6.99. The van der Waals surface area contributed by atoms with Gasteiger partial charge in [-0.15, -0.1) is 11.3 Å². The fourth-order valence-corrected chi connectivity index (χ4v) is 9.24. The Morgan fingerprint density at radius 1 is 1.00 bits per heavy atom. The van der Waals surface area contributed by atoms with Crippen molar-refractivity contribution in [2.75, 3.05) is 18.0 Å². The number of thioether (sulfide) groups is 1. The van der Waals surface area contributed by atoms with Gasteiger partial charge in [0.25, 0.3) is 0 Å². The molecular weight excluding hydrogens is 582 g/mol. The number of thiophene rings is 1. The van der Waals surface area contributed by atoms with Crippen LogP contribution in [0.25, 0.3) is 0 Å². The molecule has 2 unspecified atom stereocenters. The molecule has 0 aliphatic carbocycles. The molecule has 3 aromatic rings. The number of imide groups is 1. The van der Waals surface area contributed by atoms with Crippen LogP contribution >= 0.6 is 50.4 Å². The number of fused-ring (bicyclic) bond motifs is 2. The van der Waals surface area contributed by atoms with E-state index < -0.39 is 17.1 Å². The monoisotopic (exact) mass is 603 g/mol. The van der Waals surface area contributed by atoms with Gasteiger partial charge in [-0.3, -0.25) is 23.7 Å². The second kappa shape index (κ2) is 9.59. The van der Waals surface area contributed by atoms with E-state index in [9.17, 15) is 19.2 Å². The van der Waals surface area contributed by atoms with Crippen LogP contribution in [0.1, 0.15) is 34.9 Å². The number of halogens is 1. The quantitative estimate of drug-likeness (QED) is 0.409. The number of carbonyl (C=O) groups excluding carboxylic acids is 3. The first-order chi connectivity index (χ1) is 17.4. The van der Waals surface area contributed by atoms with E-state index in [2.05, 4.69) is 15.9 Å². The lowest BCUT2D eigenvalue weighted by atomic mass is 9.87. The van der Waals surface area contributed by atoms with Gasteiger partial charge < -0.3 is 4.90 Å².